The molecular formula is C22H27N3O2. The molecule has 2 amide bonds. The lowest BCUT2D eigenvalue weighted by Gasteiger charge is -2.32. The maximum absolute atomic E-state index is 12.5. The van der Waals surface area contributed by atoms with Crippen molar-refractivity contribution in [3.8, 4) is 0 Å². The van der Waals surface area contributed by atoms with Crippen molar-refractivity contribution in [3.05, 3.63) is 54.6 Å². The highest BCUT2D eigenvalue weighted by atomic mass is 16.2. The minimum absolute atomic E-state index is 0.433. The van der Waals surface area contributed by atoms with Crippen LogP contribution in [0.3, 0.4) is 0 Å². The molecule has 1 fully saturated rings. The largest absolute Gasteiger partial charge is 0.372 e. The Kier molecular flexibility index (Phi) is 6.12. The van der Waals surface area contributed by atoms with E-state index in [-0.39, 0.29) is 0 Å². The number of hydrogen-bond donors (Lipinski definition) is 1. The Bertz CT molecular complexity index is 766. The summed E-state index contributed by atoms with van der Waals surface area (Å²) in [7, 11) is 0. The fraction of sp³-hybridized carbons (Fsp3) is 0.364. The topological polar surface area (TPSA) is 52.7 Å². The standard InChI is InChI=1S/C22H27N3O2/c1-3-25(20-7-5-4-6-8-20)22(27)21(26)23-18-9-11-19(12-10-18)24-15-13-17(2)14-16-24/h4-12,17H,3,13-16H2,1-2H3,(H,23,26). The first-order valence-electron chi connectivity index (χ1n) is 9.61. The Morgan fingerprint density at radius 1 is 1.04 bits per heavy atom. The molecule has 1 aliphatic heterocycles. The maximum atomic E-state index is 12.5. The van der Waals surface area contributed by atoms with Crippen LogP contribution in [0, 0.1) is 5.92 Å². The van der Waals surface area contributed by atoms with Crippen molar-refractivity contribution in [3.63, 3.8) is 0 Å². The second kappa shape index (κ2) is 8.71. The molecule has 2 aromatic rings. The zero-order valence-corrected chi connectivity index (χ0v) is 16.0. The molecule has 0 unspecified atom stereocenters. The van der Waals surface area contributed by atoms with Gasteiger partial charge in [0, 0.05) is 36.7 Å². The third-order valence-electron chi connectivity index (χ3n) is 5.10. The van der Waals surface area contributed by atoms with E-state index >= 15 is 0 Å². The molecule has 0 radical (unpaired) electrons. The summed E-state index contributed by atoms with van der Waals surface area (Å²) in [4.78, 5) is 28.8. The summed E-state index contributed by atoms with van der Waals surface area (Å²) in [6.07, 6.45) is 2.42. The van der Waals surface area contributed by atoms with Crippen molar-refractivity contribution in [2.75, 3.05) is 34.8 Å². The minimum Gasteiger partial charge on any atom is -0.372 e. The number of benzene rings is 2. The number of likely N-dealkylation sites (N-methyl/N-ethyl adjacent to an activating group) is 1. The van der Waals surface area contributed by atoms with Crippen molar-refractivity contribution in [2.45, 2.75) is 26.7 Å². The highest BCUT2D eigenvalue weighted by Gasteiger charge is 2.22. The van der Waals surface area contributed by atoms with Crippen molar-refractivity contribution in [1.82, 2.24) is 0 Å². The number of rotatable bonds is 4. The maximum Gasteiger partial charge on any atom is 0.316 e. The molecule has 0 atom stereocenters. The smallest absolute Gasteiger partial charge is 0.316 e. The van der Waals surface area contributed by atoms with E-state index in [0.717, 1.165) is 30.4 Å². The lowest BCUT2D eigenvalue weighted by molar-refractivity contribution is -0.134. The number of piperidine rings is 1. The fourth-order valence-electron chi connectivity index (χ4n) is 3.38. The van der Waals surface area contributed by atoms with Gasteiger partial charge in [-0.2, -0.15) is 0 Å². The van der Waals surface area contributed by atoms with Gasteiger partial charge in [0.2, 0.25) is 0 Å². The first-order chi connectivity index (χ1) is 13.1. The lowest BCUT2D eigenvalue weighted by Crippen LogP contribution is -2.39. The highest BCUT2D eigenvalue weighted by Crippen LogP contribution is 2.24. The molecule has 0 spiro atoms. The van der Waals surface area contributed by atoms with Crippen LogP contribution in [0.25, 0.3) is 0 Å². The van der Waals surface area contributed by atoms with Crippen LogP contribution in [-0.2, 0) is 9.59 Å². The number of para-hydroxylation sites is 1. The SMILES string of the molecule is CCN(C(=O)C(=O)Nc1ccc(N2CCC(C)CC2)cc1)c1ccccc1. The Morgan fingerprint density at radius 3 is 2.26 bits per heavy atom. The van der Waals surface area contributed by atoms with Gasteiger partial charge < -0.3 is 15.1 Å². The monoisotopic (exact) mass is 365 g/mol. The quantitative estimate of drug-likeness (QED) is 0.836. The van der Waals surface area contributed by atoms with Gasteiger partial charge in [0.05, 0.1) is 0 Å². The molecule has 5 heteroatoms. The van der Waals surface area contributed by atoms with Gasteiger partial charge in [-0.05, 0) is 62.1 Å². The van der Waals surface area contributed by atoms with Crippen LogP contribution < -0.4 is 15.1 Å². The fourth-order valence-corrected chi connectivity index (χ4v) is 3.38. The summed E-state index contributed by atoms with van der Waals surface area (Å²) in [5.74, 6) is -0.394. The van der Waals surface area contributed by atoms with Crippen LogP contribution in [0.5, 0.6) is 0 Å². The number of nitrogens with one attached hydrogen (secondary N) is 1. The average Bonchev–Trinajstić information content (AvgIpc) is 2.70. The first-order valence-corrected chi connectivity index (χ1v) is 9.61. The molecule has 5 nitrogen and oxygen atoms in total. The minimum atomic E-state index is -0.625. The van der Waals surface area contributed by atoms with Crippen LogP contribution in [0.15, 0.2) is 54.6 Å². The van der Waals surface area contributed by atoms with Gasteiger partial charge in [-0.1, -0.05) is 25.1 Å². The molecule has 0 aromatic heterocycles. The van der Waals surface area contributed by atoms with E-state index in [9.17, 15) is 9.59 Å². The van der Waals surface area contributed by atoms with Crippen LogP contribution in [0.1, 0.15) is 26.7 Å². The summed E-state index contributed by atoms with van der Waals surface area (Å²) in [5, 5.41) is 2.71. The van der Waals surface area contributed by atoms with Crippen LogP contribution in [0.2, 0.25) is 0 Å². The molecular weight excluding hydrogens is 338 g/mol. The lowest BCUT2D eigenvalue weighted by atomic mass is 9.99. The highest BCUT2D eigenvalue weighted by molar-refractivity contribution is 6.44. The molecule has 0 bridgehead atoms. The van der Waals surface area contributed by atoms with Gasteiger partial charge >= 0.3 is 11.8 Å². The van der Waals surface area contributed by atoms with E-state index in [2.05, 4.69) is 17.1 Å². The van der Waals surface area contributed by atoms with E-state index in [1.165, 1.54) is 17.7 Å². The number of amides is 2. The Labute approximate surface area is 161 Å². The number of carbonyl (C=O) groups is 2. The van der Waals surface area contributed by atoms with E-state index in [1.54, 1.807) is 0 Å². The normalized spacial score (nSPS) is 14.7. The van der Waals surface area contributed by atoms with Crippen LogP contribution >= 0.6 is 0 Å². The summed E-state index contributed by atoms with van der Waals surface area (Å²) >= 11 is 0. The predicted octanol–water partition coefficient (Wildman–Crippen LogP) is 3.91. The van der Waals surface area contributed by atoms with Gasteiger partial charge in [0.1, 0.15) is 0 Å². The molecule has 1 N–H and O–H groups in total. The second-order valence-electron chi connectivity index (χ2n) is 7.06. The van der Waals surface area contributed by atoms with E-state index in [4.69, 9.17) is 0 Å². The number of hydrogen-bond acceptors (Lipinski definition) is 3. The number of nitrogens with zero attached hydrogens (tertiary/aromatic N) is 2. The zero-order valence-electron chi connectivity index (χ0n) is 16.0. The molecule has 1 saturated heterocycles. The number of anilines is 3. The van der Waals surface area contributed by atoms with E-state index in [0.29, 0.717) is 12.2 Å². The zero-order chi connectivity index (χ0) is 19.2. The van der Waals surface area contributed by atoms with Gasteiger partial charge in [-0.3, -0.25) is 9.59 Å². The second-order valence-corrected chi connectivity index (χ2v) is 7.06. The predicted molar refractivity (Wildman–Crippen MR) is 110 cm³/mol. The molecule has 142 valence electrons. The molecule has 0 aliphatic carbocycles. The van der Waals surface area contributed by atoms with Crippen molar-refractivity contribution in [1.29, 1.82) is 0 Å². The van der Waals surface area contributed by atoms with Crippen molar-refractivity contribution < 1.29 is 9.59 Å². The van der Waals surface area contributed by atoms with Gasteiger partial charge in [-0.25, -0.2) is 0 Å². The summed E-state index contributed by atoms with van der Waals surface area (Å²) in [6.45, 7) is 6.71. The third-order valence-corrected chi connectivity index (χ3v) is 5.10. The van der Waals surface area contributed by atoms with Gasteiger partial charge in [0.25, 0.3) is 0 Å². The molecule has 1 heterocycles. The Hall–Kier alpha value is -2.82. The Balaban J connectivity index is 1.62. The third kappa shape index (κ3) is 4.67. The van der Waals surface area contributed by atoms with Crippen molar-refractivity contribution in [2.24, 2.45) is 5.92 Å². The van der Waals surface area contributed by atoms with Crippen molar-refractivity contribution >= 4 is 28.9 Å². The molecule has 3 rings (SSSR count). The Morgan fingerprint density at radius 2 is 1.67 bits per heavy atom. The summed E-state index contributed by atoms with van der Waals surface area (Å²) in [6, 6.07) is 17.0. The van der Waals surface area contributed by atoms with E-state index in [1.807, 2.05) is 61.5 Å². The first kappa shape index (κ1) is 19.0. The van der Waals surface area contributed by atoms with Gasteiger partial charge in [0.15, 0.2) is 0 Å². The van der Waals surface area contributed by atoms with Crippen LogP contribution in [-0.4, -0.2) is 31.4 Å². The summed E-state index contributed by atoms with van der Waals surface area (Å²) in [5.41, 5.74) is 2.51. The molecule has 1 aliphatic rings. The van der Waals surface area contributed by atoms with E-state index < -0.39 is 11.8 Å². The summed E-state index contributed by atoms with van der Waals surface area (Å²) < 4.78 is 0. The van der Waals surface area contributed by atoms with Gasteiger partial charge in [-0.15, -0.1) is 0 Å². The van der Waals surface area contributed by atoms with Crippen LogP contribution in [0.4, 0.5) is 17.1 Å². The number of carbonyl (C=O) groups excluding carboxylic acids is 2. The molecule has 27 heavy (non-hydrogen) atoms. The molecule has 0 saturated carbocycles. The molecule has 2 aromatic carbocycles. The average molecular weight is 365 g/mol.